The van der Waals surface area contributed by atoms with Crippen molar-refractivity contribution in [3.8, 4) is 0 Å². The smallest absolute Gasteiger partial charge is 0.0996 e. The lowest BCUT2D eigenvalue weighted by Gasteiger charge is -2.43. The minimum atomic E-state index is -0.281. The summed E-state index contributed by atoms with van der Waals surface area (Å²) in [7, 11) is 2.06. The molecule has 0 radical (unpaired) electrons. The van der Waals surface area contributed by atoms with Gasteiger partial charge in [0.1, 0.15) is 0 Å². The van der Waals surface area contributed by atoms with Gasteiger partial charge in [0, 0.05) is 24.7 Å². The average molecular weight is 460 g/mol. The summed E-state index contributed by atoms with van der Waals surface area (Å²) in [4.78, 5) is 2.16. The molecule has 0 saturated heterocycles. The first-order chi connectivity index (χ1) is 14.1. The predicted octanol–water partition coefficient (Wildman–Crippen LogP) is 4.79. The van der Waals surface area contributed by atoms with Crippen LogP contribution in [0.25, 0.3) is 0 Å². The largest absolute Gasteiger partial charge is 0.375 e. The van der Waals surface area contributed by atoms with E-state index < -0.39 is 0 Å². The molecule has 0 spiro atoms. The van der Waals surface area contributed by atoms with E-state index in [2.05, 4.69) is 88.1 Å². The van der Waals surface area contributed by atoms with Crippen LogP contribution in [0, 0.1) is 11.3 Å². The van der Waals surface area contributed by atoms with Gasteiger partial charge < -0.3 is 25.7 Å². The van der Waals surface area contributed by atoms with Gasteiger partial charge in [-0.1, -0.05) is 20.8 Å². The lowest BCUT2D eigenvalue weighted by molar-refractivity contribution is -0.132. The fourth-order valence-corrected chi connectivity index (χ4v) is 3.49. The van der Waals surface area contributed by atoms with Gasteiger partial charge in [-0.05, 0) is 93.5 Å². The van der Waals surface area contributed by atoms with E-state index in [0.29, 0.717) is 19.9 Å². The molecule has 6 heteroatoms. The molecule has 0 bridgehead atoms. The molecular weight excluding hydrogens is 402 g/mol. The summed E-state index contributed by atoms with van der Waals surface area (Å²) in [5.41, 5.74) is 11.1. The van der Waals surface area contributed by atoms with Gasteiger partial charge in [-0.2, -0.15) is 0 Å². The van der Waals surface area contributed by atoms with E-state index in [-0.39, 0.29) is 39.7 Å². The maximum absolute atomic E-state index is 6.35. The Balaban J connectivity index is 4.62. The van der Waals surface area contributed by atoms with Gasteiger partial charge in [-0.15, -0.1) is 0 Å². The van der Waals surface area contributed by atoms with Gasteiger partial charge >= 0.3 is 0 Å². The summed E-state index contributed by atoms with van der Waals surface area (Å²) in [5, 5.41) is 0. The number of hydrogen-bond donors (Lipinski definition) is 2. The fourth-order valence-electron chi connectivity index (χ4n) is 3.49. The first-order valence-corrected chi connectivity index (χ1v) is 12.3. The predicted molar refractivity (Wildman–Crippen MR) is 137 cm³/mol. The molecule has 0 aliphatic rings. The Kier molecular flexibility index (Phi) is 11.9. The molecule has 0 aromatic heterocycles. The molecule has 194 valence electrons. The second-order valence-corrected chi connectivity index (χ2v) is 13.0. The van der Waals surface area contributed by atoms with Crippen molar-refractivity contribution in [1.82, 2.24) is 4.90 Å². The van der Waals surface area contributed by atoms with Crippen molar-refractivity contribution in [3.05, 3.63) is 0 Å². The minimum absolute atomic E-state index is 0.0422. The van der Waals surface area contributed by atoms with E-state index in [9.17, 15) is 0 Å². The lowest BCUT2D eigenvalue weighted by Crippen LogP contribution is -2.47. The molecular formula is C26H57N3O3. The van der Waals surface area contributed by atoms with Crippen LogP contribution in [0.2, 0.25) is 0 Å². The quantitative estimate of drug-likeness (QED) is 0.323. The maximum Gasteiger partial charge on any atom is 0.0996 e. The Morgan fingerprint density at radius 1 is 0.812 bits per heavy atom. The molecule has 0 aliphatic heterocycles. The van der Waals surface area contributed by atoms with Crippen molar-refractivity contribution in [2.24, 2.45) is 22.8 Å². The summed E-state index contributed by atoms with van der Waals surface area (Å²) in [6.45, 7) is 28.2. The summed E-state index contributed by atoms with van der Waals surface area (Å²) in [6, 6.07) is 0.122. The second kappa shape index (κ2) is 11.9. The zero-order chi connectivity index (χ0) is 25.6. The normalized spacial score (nSPS) is 16.5. The van der Waals surface area contributed by atoms with Crippen molar-refractivity contribution in [2.45, 2.75) is 124 Å². The molecule has 2 unspecified atom stereocenters. The zero-order valence-corrected chi connectivity index (χ0v) is 23.7. The number of nitrogens with zero attached hydrogens (tertiary/aromatic N) is 1. The van der Waals surface area contributed by atoms with E-state index in [4.69, 9.17) is 25.7 Å². The number of ether oxygens (including phenoxy) is 3. The van der Waals surface area contributed by atoms with Gasteiger partial charge in [0.15, 0.2) is 0 Å². The highest BCUT2D eigenvalue weighted by molar-refractivity contribution is 4.89. The number of rotatable bonds is 16. The van der Waals surface area contributed by atoms with E-state index in [0.717, 1.165) is 19.4 Å². The van der Waals surface area contributed by atoms with Crippen molar-refractivity contribution in [3.63, 3.8) is 0 Å². The Hall–Kier alpha value is -0.240. The number of nitrogens with two attached hydrogens (primary N) is 2. The zero-order valence-electron chi connectivity index (χ0n) is 23.7. The highest BCUT2D eigenvalue weighted by atomic mass is 16.5. The molecule has 0 aliphatic carbocycles. The third kappa shape index (κ3) is 12.3. The van der Waals surface area contributed by atoms with Crippen LogP contribution >= 0.6 is 0 Å². The van der Waals surface area contributed by atoms with Crippen LogP contribution in [0.3, 0.4) is 0 Å². The van der Waals surface area contributed by atoms with Gasteiger partial charge in [0.05, 0.1) is 30.1 Å². The molecule has 6 nitrogen and oxygen atoms in total. The molecule has 0 amide bonds. The first-order valence-electron chi connectivity index (χ1n) is 12.3. The summed E-state index contributed by atoms with van der Waals surface area (Å²) < 4.78 is 18.8. The van der Waals surface area contributed by atoms with Crippen molar-refractivity contribution in [2.75, 3.05) is 33.5 Å². The molecule has 0 saturated carbocycles. The Bertz CT molecular complexity index is 537. The average Bonchev–Trinajstić information content (AvgIpc) is 2.55. The van der Waals surface area contributed by atoms with E-state index in [1.54, 1.807) is 0 Å². The van der Waals surface area contributed by atoms with Crippen LogP contribution in [0.4, 0.5) is 0 Å². The Labute approximate surface area is 200 Å². The van der Waals surface area contributed by atoms with Crippen LogP contribution in [-0.2, 0) is 14.2 Å². The first kappa shape index (κ1) is 31.8. The van der Waals surface area contributed by atoms with Crippen LogP contribution in [0.15, 0.2) is 0 Å². The Morgan fingerprint density at radius 2 is 1.34 bits per heavy atom. The molecule has 0 aromatic rings. The van der Waals surface area contributed by atoms with Crippen LogP contribution in [0.1, 0.15) is 95.9 Å². The number of likely N-dealkylation sites (N-methyl/N-ethyl adjacent to an activating group) is 1. The summed E-state index contributed by atoms with van der Waals surface area (Å²) in [6.07, 6.45) is 1.74. The molecule has 2 atom stereocenters. The van der Waals surface area contributed by atoms with E-state index in [1.165, 1.54) is 0 Å². The van der Waals surface area contributed by atoms with Gasteiger partial charge in [-0.25, -0.2) is 0 Å². The van der Waals surface area contributed by atoms with Crippen molar-refractivity contribution in [1.29, 1.82) is 0 Å². The highest BCUT2D eigenvalue weighted by Gasteiger charge is 2.39. The number of hydrogen-bond acceptors (Lipinski definition) is 6. The third-order valence-corrected chi connectivity index (χ3v) is 6.95. The molecule has 4 N–H and O–H groups in total. The topological polar surface area (TPSA) is 83.0 Å². The summed E-state index contributed by atoms with van der Waals surface area (Å²) >= 11 is 0. The SMILES string of the molecule is CC(N)CC(C)(C)OCN(C)CC(C)(C)OCCC(C)(C)C(C)(C)OCC(C)C(C)(C)N. The molecule has 0 aromatic carbocycles. The van der Waals surface area contributed by atoms with Crippen LogP contribution in [0.5, 0.6) is 0 Å². The van der Waals surface area contributed by atoms with Crippen LogP contribution < -0.4 is 11.5 Å². The van der Waals surface area contributed by atoms with Gasteiger partial charge in [-0.3, -0.25) is 4.90 Å². The molecule has 32 heavy (non-hydrogen) atoms. The molecule has 0 fully saturated rings. The van der Waals surface area contributed by atoms with Gasteiger partial charge in [0.2, 0.25) is 0 Å². The van der Waals surface area contributed by atoms with Crippen LogP contribution in [-0.4, -0.2) is 66.8 Å². The second-order valence-electron chi connectivity index (χ2n) is 13.0. The van der Waals surface area contributed by atoms with Gasteiger partial charge in [0.25, 0.3) is 0 Å². The van der Waals surface area contributed by atoms with Crippen molar-refractivity contribution < 1.29 is 14.2 Å². The monoisotopic (exact) mass is 459 g/mol. The Morgan fingerprint density at radius 3 is 1.81 bits per heavy atom. The lowest BCUT2D eigenvalue weighted by atomic mass is 9.74. The summed E-state index contributed by atoms with van der Waals surface area (Å²) in [5.74, 6) is 0.281. The maximum atomic E-state index is 6.35. The minimum Gasteiger partial charge on any atom is -0.375 e. The molecule has 0 rings (SSSR count). The van der Waals surface area contributed by atoms with E-state index in [1.807, 2.05) is 6.92 Å². The third-order valence-electron chi connectivity index (χ3n) is 6.95. The standard InChI is InChI=1S/C26H57N3O3/c1-20(25(9,10)28)17-31-26(11,12)22(3,4)14-15-30-24(7,8)18-29(13)19-32-23(5,6)16-21(2)27/h20-21H,14-19,27-28H2,1-13H3. The van der Waals surface area contributed by atoms with E-state index >= 15 is 0 Å². The highest BCUT2D eigenvalue weighted by Crippen LogP contribution is 2.38. The fraction of sp³-hybridized carbons (Fsp3) is 1.00. The molecule has 0 heterocycles. The van der Waals surface area contributed by atoms with Crippen molar-refractivity contribution >= 4 is 0 Å².